The van der Waals surface area contributed by atoms with Gasteiger partial charge in [-0.05, 0) is 55.8 Å². The molecule has 8 heteroatoms. The molecule has 0 bridgehead atoms. The average Bonchev–Trinajstić information content (AvgIpc) is 3.33. The second-order valence-electron chi connectivity index (χ2n) is 9.47. The summed E-state index contributed by atoms with van der Waals surface area (Å²) in [6, 6.07) is 11.8. The quantitative estimate of drug-likeness (QED) is 0.611. The molecular weight excluding hydrogens is 449 g/mol. The van der Waals surface area contributed by atoms with Crippen LogP contribution < -0.4 is 10.6 Å². The Morgan fingerprint density at radius 1 is 1.20 bits per heavy atom. The highest BCUT2D eigenvalue weighted by Gasteiger charge is 2.37. The number of hydrogen-bond donors (Lipinski definition) is 3. The fourth-order valence-electron chi connectivity index (χ4n) is 4.79. The smallest absolute Gasteiger partial charge is 0.251 e. The van der Waals surface area contributed by atoms with Crippen LogP contribution in [0.25, 0.3) is 11.1 Å². The molecule has 3 aliphatic rings. The van der Waals surface area contributed by atoms with Gasteiger partial charge >= 0.3 is 0 Å². The van der Waals surface area contributed by atoms with Gasteiger partial charge in [0.2, 0.25) is 0 Å². The number of nitrogens with zero attached hydrogens (tertiary/aromatic N) is 1. The van der Waals surface area contributed by atoms with E-state index in [-0.39, 0.29) is 11.7 Å². The van der Waals surface area contributed by atoms with E-state index in [1.807, 2.05) is 44.2 Å². The largest absolute Gasteiger partial charge is 0.483 e. The molecule has 1 unspecified atom stereocenters. The van der Waals surface area contributed by atoms with E-state index in [1.165, 1.54) is 12.1 Å². The second-order valence-corrected chi connectivity index (χ2v) is 9.47. The number of ether oxygens (including phenoxy) is 2. The van der Waals surface area contributed by atoms with Crippen molar-refractivity contribution in [1.82, 2.24) is 10.2 Å². The molecule has 3 N–H and O–H groups in total. The number of halogens is 1. The molecule has 0 saturated carbocycles. The summed E-state index contributed by atoms with van der Waals surface area (Å²) in [5.74, 6) is 0.0663. The molecule has 0 aromatic heterocycles. The number of hydrogen-bond acceptors (Lipinski definition) is 6. The van der Waals surface area contributed by atoms with Gasteiger partial charge in [-0.1, -0.05) is 12.1 Å². The Morgan fingerprint density at radius 3 is 2.69 bits per heavy atom. The van der Waals surface area contributed by atoms with E-state index in [0.29, 0.717) is 34.7 Å². The van der Waals surface area contributed by atoms with Crippen molar-refractivity contribution in [2.24, 2.45) is 0 Å². The zero-order chi connectivity index (χ0) is 24.6. The number of aliphatic hydroxyl groups is 1. The van der Waals surface area contributed by atoms with Gasteiger partial charge in [0.1, 0.15) is 17.2 Å². The Labute approximate surface area is 204 Å². The number of rotatable bonds is 5. The van der Waals surface area contributed by atoms with Gasteiger partial charge in [-0.3, -0.25) is 9.69 Å². The summed E-state index contributed by atoms with van der Waals surface area (Å²) in [5, 5.41) is 16.5. The Morgan fingerprint density at radius 2 is 1.94 bits per heavy atom. The zero-order valence-corrected chi connectivity index (χ0v) is 19.9. The third kappa shape index (κ3) is 4.82. The van der Waals surface area contributed by atoms with Gasteiger partial charge in [-0.2, -0.15) is 0 Å². The minimum atomic E-state index is -0.989. The predicted molar refractivity (Wildman–Crippen MR) is 132 cm³/mol. The first-order chi connectivity index (χ1) is 16.8. The standard InChI is InChI=1S/C27H30FN3O4/c1-27(2)21(16-23(35-27)24-20-8-7-19(28)15-22(20)30-26(24)33)17-3-5-18(6-4-17)25(32)29-9-10-31-11-13-34-14-12-31/h3-8,15-16,26,30,33H,9-14H2,1-2H3,(H,29,32)/b24-23+. The maximum absolute atomic E-state index is 13.6. The molecule has 1 fully saturated rings. The van der Waals surface area contributed by atoms with Gasteiger partial charge in [0.05, 0.1) is 18.8 Å². The molecule has 1 atom stereocenters. The molecule has 0 spiro atoms. The number of fused-ring (bicyclic) bond motifs is 1. The van der Waals surface area contributed by atoms with Crippen LogP contribution in [0, 0.1) is 5.82 Å². The molecule has 3 heterocycles. The average molecular weight is 480 g/mol. The first-order valence-corrected chi connectivity index (χ1v) is 11.9. The second kappa shape index (κ2) is 9.45. The van der Waals surface area contributed by atoms with Crippen molar-refractivity contribution in [2.75, 3.05) is 44.7 Å². The number of morpholine rings is 1. The van der Waals surface area contributed by atoms with Crippen molar-refractivity contribution in [3.63, 3.8) is 0 Å². The summed E-state index contributed by atoms with van der Waals surface area (Å²) in [5.41, 5.74) is 3.64. The number of carbonyl (C=O) groups excluding carboxylic acids is 1. The Hall–Kier alpha value is -3.20. The molecule has 7 nitrogen and oxygen atoms in total. The molecule has 1 amide bonds. The molecule has 1 saturated heterocycles. The highest BCUT2D eigenvalue weighted by molar-refractivity contribution is 5.95. The minimum absolute atomic E-state index is 0.104. The van der Waals surface area contributed by atoms with Gasteiger partial charge in [0, 0.05) is 48.6 Å². The van der Waals surface area contributed by atoms with E-state index in [4.69, 9.17) is 9.47 Å². The summed E-state index contributed by atoms with van der Waals surface area (Å²) >= 11 is 0. The van der Waals surface area contributed by atoms with Gasteiger partial charge in [-0.15, -0.1) is 0 Å². The number of nitrogens with one attached hydrogen (secondary N) is 2. The van der Waals surface area contributed by atoms with Crippen molar-refractivity contribution in [2.45, 2.75) is 25.7 Å². The molecule has 5 rings (SSSR count). The highest BCUT2D eigenvalue weighted by atomic mass is 19.1. The molecule has 35 heavy (non-hydrogen) atoms. The Kier molecular flexibility index (Phi) is 6.35. The maximum atomic E-state index is 13.6. The first kappa shape index (κ1) is 23.5. The lowest BCUT2D eigenvalue weighted by molar-refractivity contribution is 0.0383. The molecule has 3 aliphatic heterocycles. The van der Waals surface area contributed by atoms with Gasteiger partial charge in [0.15, 0.2) is 6.23 Å². The molecule has 184 valence electrons. The van der Waals surface area contributed by atoms with Gasteiger partial charge < -0.3 is 25.2 Å². The van der Waals surface area contributed by atoms with E-state index in [9.17, 15) is 14.3 Å². The van der Waals surface area contributed by atoms with E-state index in [1.54, 1.807) is 6.07 Å². The van der Waals surface area contributed by atoms with Crippen LogP contribution in [-0.4, -0.2) is 67.1 Å². The minimum Gasteiger partial charge on any atom is -0.483 e. The van der Waals surface area contributed by atoms with E-state index >= 15 is 0 Å². The van der Waals surface area contributed by atoms with Crippen LogP contribution in [-0.2, 0) is 9.47 Å². The van der Waals surface area contributed by atoms with Crippen molar-refractivity contribution in [1.29, 1.82) is 0 Å². The summed E-state index contributed by atoms with van der Waals surface area (Å²) in [6.07, 6.45) is 0.924. The number of allylic oxidation sites excluding steroid dienone is 1. The van der Waals surface area contributed by atoms with Crippen LogP contribution in [0.3, 0.4) is 0 Å². The van der Waals surface area contributed by atoms with Crippen molar-refractivity contribution < 1.29 is 23.8 Å². The third-order valence-corrected chi connectivity index (χ3v) is 6.67. The summed E-state index contributed by atoms with van der Waals surface area (Å²) in [4.78, 5) is 14.9. The molecular formula is C27H30FN3O4. The maximum Gasteiger partial charge on any atom is 0.251 e. The van der Waals surface area contributed by atoms with Crippen LogP contribution in [0.1, 0.15) is 35.3 Å². The number of amides is 1. The van der Waals surface area contributed by atoms with E-state index in [0.717, 1.165) is 44.0 Å². The highest BCUT2D eigenvalue weighted by Crippen LogP contribution is 2.45. The summed E-state index contributed by atoms with van der Waals surface area (Å²) in [6.45, 7) is 8.58. The molecule has 0 radical (unpaired) electrons. The lowest BCUT2D eigenvalue weighted by Crippen LogP contribution is -2.41. The van der Waals surface area contributed by atoms with Crippen LogP contribution in [0.5, 0.6) is 0 Å². The van der Waals surface area contributed by atoms with Crippen LogP contribution in [0.15, 0.2) is 54.3 Å². The third-order valence-electron chi connectivity index (χ3n) is 6.67. The topological polar surface area (TPSA) is 83.1 Å². The fraction of sp³-hybridized carbons (Fsp3) is 0.370. The number of aliphatic hydroxyl groups excluding tert-OH is 1. The van der Waals surface area contributed by atoms with Crippen LogP contribution in [0.2, 0.25) is 0 Å². The van der Waals surface area contributed by atoms with Gasteiger partial charge in [-0.25, -0.2) is 4.39 Å². The van der Waals surface area contributed by atoms with Crippen molar-refractivity contribution in [3.05, 3.63) is 76.8 Å². The summed E-state index contributed by atoms with van der Waals surface area (Å²) in [7, 11) is 0. The van der Waals surface area contributed by atoms with Crippen LogP contribution in [0.4, 0.5) is 10.1 Å². The lowest BCUT2D eigenvalue weighted by atomic mass is 9.91. The van der Waals surface area contributed by atoms with Crippen LogP contribution >= 0.6 is 0 Å². The number of carbonyl (C=O) groups is 1. The molecule has 2 aromatic carbocycles. The SMILES string of the molecule is CC1(C)O/C(=C2\c3ccc(F)cc3NC2O)C=C1c1ccc(C(=O)NCCN2CCOCC2)cc1. The molecule has 2 aromatic rings. The van der Waals surface area contributed by atoms with Crippen molar-refractivity contribution in [3.8, 4) is 0 Å². The Bertz CT molecular complexity index is 1180. The first-order valence-electron chi connectivity index (χ1n) is 11.9. The fourth-order valence-corrected chi connectivity index (χ4v) is 4.79. The predicted octanol–water partition coefficient (Wildman–Crippen LogP) is 3.24. The zero-order valence-electron chi connectivity index (χ0n) is 19.9. The Balaban J connectivity index is 1.32. The number of benzene rings is 2. The number of anilines is 1. The van der Waals surface area contributed by atoms with E-state index in [2.05, 4.69) is 15.5 Å². The normalized spacial score (nSPS) is 23.3. The molecule has 0 aliphatic carbocycles. The lowest BCUT2D eigenvalue weighted by Gasteiger charge is -2.26. The van der Waals surface area contributed by atoms with E-state index < -0.39 is 11.8 Å². The summed E-state index contributed by atoms with van der Waals surface area (Å²) < 4.78 is 25.2. The van der Waals surface area contributed by atoms with Crippen molar-refractivity contribution >= 4 is 22.7 Å². The van der Waals surface area contributed by atoms with Gasteiger partial charge in [0.25, 0.3) is 5.91 Å². The monoisotopic (exact) mass is 479 g/mol.